The van der Waals surface area contributed by atoms with Crippen LogP contribution in [0.15, 0.2) is 45.8 Å². The Balaban J connectivity index is 1.89. The van der Waals surface area contributed by atoms with Crippen molar-refractivity contribution in [3.05, 3.63) is 62.5 Å². The fraction of sp³-hybridized carbons (Fsp3) is 0.174. The first-order valence-corrected chi connectivity index (χ1v) is 10.8. The fourth-order valence-electron chi connectivity index (χ4n) is 2.88. The summed E-state index contributed by atoms with van der Waals surface area (Å²) in [7, 11) is 0. The number of nitriles is 1. The number of terminal acetylenes is 1. The van der Waals surface area contributed by atoms with Gasteiger partial charge in [0.15, 0.2) is 11.5 Å². The van der Waals surface area contributed by atoms with Crippen LogP contribution in [0.1, 0.15) is 23.6 Å². The zero-order valence-corrected chi connectivity index (χ0v) is 19.0. The molecule has 0 radical (unpaired) electrons. The molecule has 31 heavy (non-hydrogen) atoms. The van der Waals surface area contributed by atoms with Crippen LogP contribution >= 0.6 is 27.7 Å². The van der Waals surface area contributed by atoms with E-state index in [1.165, 1.54) is 0 Å². The number of carbonyl (C=O) groups is 2. The zero-order chi connectivity index (χ0) is 22.4. The summed E-state index contributed by atoms with van der Waals surface area (Å²) < 4.78 is 11.8. The van der Waals surface area contributed by atoms with Gasteiger partial charge in [-0.2, -0.15) is 5.26 Å². The Bertz CT molecular complexity index is 1150. The van der Waals surface area contributed by atoms with Gasteiger partial charge in [0.1, 0.15) is 6.61 Å². The number of thioether (sulfide) groups is 1. The van der Waals surface area contributed by atoms with Gasteiger partial charge in [0, 0.05) is 4.47 Å². The summed E-state index contributed by atoms with van der Waals surface area (Å²) in [5.41, 5.74) is 1.69. The third-order valence-electron chi connectivity index (χ3n) is 4.30. The third kappa shape index (κ3) is 5.11. The number of ether oxygens (including phenoxy) is 2. The molecule has 0 atom stereocenters. The van der Waals surface area contributed by atoms with Gasteiger partial charge in [-0.25, -0.2) is 0 Å². The lowest BCUT2D eigenvalue weighted by molar-refractivity contribution is -0.123. The highest BCUT2D eigenvalue weighted by atomic mass is 79.9. The molecule has 1 aliphatic rings. The van der Waals surface area contributed by atoms with E-state index in [4.69, 9.17) is 15.9 Å². The number of halogens is 1. The summed E-state index contributed by atoms with van der Waals surface area (Å²) in [6, 6.07) is 12.4. The normalized spacial score (nSPS) is 14.5. The zero-order valence-electron chi connectivity index (χ0n) is 16.6. The number of hydrogen-bond acceptors (Lipinski definition) is 6. The summed E-state index contributed by atoms with van der Waals surface area (Å²) in [6.45, 7) is 2.39. The van der Waals surface area contributed by atoms with Gasteiger partial charge in [-0.3, -0.25) is 14.5 Å². The van der Waals surface area contributed by atoms with Crippen LogP contribution in [0.25, 0.3) is 6.08 Å². The van der Waals surface area contributed by atoms with Crippen LogP contribution in [0, 0.1) is 23.7 Å². The summed E-state index contributed by atoms with van der Waals surface area (Å²) >= 11 is 4.32. The molecule has 1 heterocycles. The maximum absolute atomic E-state index is 12.9. The van der Waals surface area contributed by atoms with E-state index in [-0.39, 0.29) is 23.3 Å². The van der Waals surface area contributed by atoms with Crippen molar-refractivity contribution in [3.8, 4) is 29.9 Å². The molecule has 2 amide bonds. The van der Waals surface area contributed by atoms with Crippen molar-refractivity contribution in [1.82, 2.24) is 4.90 Å². The second-order valence-electron chi connectivity index (χ2n) is 6.28. The minimum atomic E-state index is -0.416. The quantitative estimate of drug-likeness (QED) is 0.397. The van der Waals surface area contributed by atoms with E-state index in [0.717, 1.165) is 16.7 Å². The Morgan fingerprint density at radius 1 is 1.23 bits per heavy atom. The van der Waals surface area contributed by atoms with Gasteiger partial charge in [0.25, 0.3) is 11.1 Å². The molecule has 6 nitrogen and oxygen atoms in total. The van der Waals surface area contributed by atoms with E-state index in [1.54, 1.807) is 42.5 Å². The number of imide groups is 1. The first-order valence-electron chi connectivity index (χ1n) is 9.24. The summed E-state index contributed by atoms with van der Waals surface area (Å²) in [6.07, 6.45) is 6.88. The van der Waals surface area contributed by atoms with E-state index in [1.807, 2.05) is 6.92 Å². The maximum Gasteiger partial charge on any atom is 0.293 e. The van der Waals surface area contributed by atoms with Crippen molar-refractivity contribution in [2.24, 2.45) is 0 Å². The number of carbonyl (C=O) groups excluding carboxylic acids is 2. The number of amides is 2. The molecule has 0 aromatic heterocycles. The van der Waals surface area contributed by atoms with Gasteiger partial charge < -0.3 is 9.47 Å². The molecule has 0 aliphatic carbocycles. The lowest BCUT2D eigenvalue weighted by atomic mass is 10.1. The predicted octanol–water partition coefficient (Wildman–Crippen LogP) is 4.97. The van der Waals surface area contributed by atoms with Crippen molar-refractivity contribution in [2.75, 3.05) is 13.2 Å². The molecule has 1 aliphatic heterocycles. The minimum Gasteiger partial charge on any atom is -0.490 e. The monoisotopic (exact) mass is 496 g/mol. The first kappa shape index (κ1) is 22.5. The van der Waals surface area contributed by atoms with Crippen LogP contribution in [0.4, 0.5) is 4.79 Å². The van der Waals surface area contributed by atoms with E-state index in [0.29, 0.717) is 39.3 Å². The van der Waals surface area contributed by atoms with Crippen LogP contribution < -0.4 is 9.47 Å². The topological polar surface area (TPSA) is 79.6 Å². The fourth-order valence-corrected chi connectivity index (χ4v) is 4.14. The second-order valence-corrected chi connectivity index (χ2v) is 8.13. The Morgan fingerprint density at radius 2 is 1.97 bits per heavy atom. The first-order chi connectivity index (χ1) is 15.0. The van der Waals surface area contributed by atoms with Crippen molar-refractivity contribution in [2.45, 2.75) is 13.5 Å². The maximum atomic E-state index is 12.9. The average molecular weight is 497 g/mol. The van der Waals surface area contributed by atoms with E-state index in [9.17, 15) is 14.9 Å². The lowest BCUT2D eigenvalue weighted by Gasteiger charge is -2.14. The molecule has 0 spiro atoms. The van der Waals surface area contributed by atoms with Gasteiger partial charge >= 0.3 is 0 Å². The molecule has 0 unspecified atom stereocenters. The largest absolute Gasteiger partial charge is 0.490 e. The molecule has 3 rings (SSSR count). The van der Waals surface area contributed by atoms with E-state index >= 15 is 0 Å². The van der Waals surface area contributed by atoms with Gasteiger partial charge in [-0.05, 0) is 54.1 Å². The highest BCUT2D eigenvalue weighted by Crippen LogP contribution is 2.38. The molecule has 0 N–H and O–H groups in total. The van der Waals surface area contributed by atoms with Crippen LogP contribution in [0.3, 0.4) is 0 Å². The SMILES string of the molecule is C#CCOc1cc(Br)c(/C=C2/SC(=O)N(Cc3ccccc3C#N)C2=O)cc1OCC. The predicted molar refractivity (Wildman–Crippen MR) is 122 cm³/mol. The molecule has 0 bridgehead atoms. The van der Waals surface area contributed by atoms with Gasteiger partial charge in [0.05, 0.1) is 29.7 Å². The molecule has 156 valence electrons. The van der Waals surface area contributed by atoms with Crippen LogP contribution in [-0.2, 0) is 11.3 Å². The Hall–Kier alpha value is -3.20. The summed E-state index contributed by atoms with van der Waals surface area (Å²) in [5, 5.41) is 8.86. The molecule has 1 saturated heterocycles. The second kappa shape index (κ2) is 10.2. The van der Waals surface area contributed by atoms with Gasteiger partial charge in [0.2, 0.25) is 0 Å². The lowest BCUT2D eigenvalue weighted by Crippen LogP contribution is -2.27. The van der Waals surface area contributed by atoms with Crippen molar-refractivity contribution in [1.29, 1.82) is 5.26 Å². The van der Waals surface area contributed by atoms with Crippen LogP contribution in [0.5, 0.6) is 11.5 Å². The Kier molecular flexibility index (Phi) is 7.41. The number of benzene rings is 2. The van der Waals surface area contributed by atoms with Crippen LogP contribution in [0.2, 0.25) is 0 Å². The van der Waals surface area contributed by atoms with Crippen molar-refractivity contribution in [3.63, 3.8) is 0 Å². The number of hydrogen-bond donors (Lipinski definition) is 0. The molecule has 8 heteroatoms. The Labute approximate surface area is 192 Å². The molecular weight excluding hydrogens is 480 g/mol. The highest BCUT2D eigenvalue weighted by molar-refractivity contribution is 9.10. The highest BCUT2D eigenvalue weighted by Gasteiger charge is 2.35. The third-order valence-corrected chi connectivity index (χ3v) is 5.89. The van der Waals surface area contributed by atoms with Crippen molar-refractivity contribution >= 4 is 44.9 Å². The molecule has 2 aromatic carbocycles. The van der Waals surface area contributed by atoms with Gasteiger partial charge in [-0.15, -0.1) is 6.42 Å². The number of rotatable bonds is 7. The number of nitrogens with zero attached hydrogens (tertiary/aromatic N) is 2. The van der Waals surface area contributed by atoms with Crippen molar-refractivity contribution < 1.29 is 19.1 Å². The average Bonchev–Trinajstić information content (AvgIpc) is 3.02. The summed E-state index contributed by atoms with van der Waals surface area (Å²) in [5.74, 6) is 2.95. The summed E-state index contributed by atoms with van der Waals surface area (Å²) in [4.78, 5) is 26.8. The molecule has 2 aromatic rings. The van der Waals surface area contributed by atoms with E-state index < -0.39 is 5.91 Å². The molecule has 1 fully saturated rings. The van der Waals surface area contributed by atoms with E-state index in [2.05, 4.69) is 27.9 Å². The van der Waals surface area contributed by atoms with Gasteiger partial charge in [-0.1, -0.05) is 40.0 Å². The Morgan fingerprint density at radius 3 is 2.68 bits per heavy atom. The minimum absolute atomic E-state index is 0.0377. The van der Waals surface area contributed by atoms with Crippen LogP contribution in [-0.4, -0.2) is 29.3 Å². The molecule has 0 saturated carbocycles. The smallest absolute Gasteiger partial charge is 0.293 e. The molecular formula is C23H17BrN2O4S. The standard InChI is InChI=1S/C23H17BrN2O4S/c1-3-9-30-20-12-18(24)17(10-19(20)29-4-2)11-21-22(27)26(23(28)31-21)14-16-8-6-5-7-15(16)13-25/h1,5-8,10-12H,4,9,14H2,2H3/b21-11+.